The van der Waals surface area contributed by atoms with Gasteiger partial charge in [-0.3, -0.25) is 4.79 Å². The van der Waals surface area contributed by atoms with Crippen LogP contribution in [0.5, 0.6) is 0 Å². The number of fused-ring (bicyclic) bond motifs is 2. The Morgan fingerprint density at radius 3 is 2.60 bits per heavy atom. The molecule has 1 aromatic rings. The topological polar surface area (TPSA) is 20.3 Å². The number of halogens is 1. The second-order valence-corrected chi connectivity index (χ2v) is 6.95. The molecule has 108 valence electrons. The van der Waals surface area contributed by atoms with Crippen molar-refractivity contribution in [3.63, 3.8) is 0 Å². The maximum absolute atomic E-state index is 12.3. The van der Waals surface area contributed by atoms with Crippen molar-refractivity contribution >= 4 is 17.5 Å². The van der Waals surface area contributed by atoms with E-state index < -0.39 is 0 Å². The minimum atomic E-state index is 0.289. The molecule has 2 fully saturated rings. The molecule has 0 radical (unpaired) electrons. The highest BCUT2D eigenvalue weighted by atomic mass is 35.5. The maximum Gasteiger partial charge on any atom is 0.222 e. The van der Waals surface area contributed by atoms with E-state index in [-0.39, 0.29) is 5.91 Å². The van der Waals surface area contributed by atoms with Gasteiger partial charge in [-0.2, -0.15) is 0 Å². The molecule has 20 heavy (non-hydrogen) atoms. The fraction of sp³-hybridized carbons (Fsp3) is 0.588. The highest BCUT2D eigenvalue weighted by Crippen LogP contribution is 2.49. The van der Waals surface area contributed by atoms with Crippen LogP contribution < -0.4 is 0 Å². The first-order valence-corrected chi connectivity index (χ1v) is 7.98. The monoisotopic (exact) mass is 291 g/mol. The lowest BCUT2D eigenvalue weighted by molar-refractivity contribution is -0.131. The third kappa shape index (κ3) is 3.01. The Labute approximate surface area is 126 Å². The first-order valence-electron chi connectivity index (χ1n) is 7.60. The van der Waals surface area contributed by atoms with Crippen LogP contribution in [0.25, 0.3) is 0 Å². The number of carbonyl (C=O) groups is 1. The molecule has 2 bridgehead atoms. The number of benzene rings is 1. The summed E-state index contributed by atoms with van der Waals surface area (Å²) in [6, 6.07) is 7.74. The molecule has 2 aliphatic carbocycles. The lowest BCUT2D eigenvalue weighted by Crippen LogP contribution is -2.29. The summed E-state index contributed by atoms with van der Waals surface area (Å²) < 4.78 is 0. The smallest absolute Gasteiger partial charge is 0.222 e. The van der Waals surface area contributed by atoms with Gasteiger partial charge in [0.1, 0.15) is 0 Å². The summed E-state index contributed by atoms with van der Waals surface area (Å²) in [5.74, 6) is 2.68. The van der Waals surface area contributed by atoms with Gasteiger partial charge in [0.2, 0.25) is 5.91 Å². The van der Waals surface area contributed by atoms with Gasteiger partial charge in [-0.15, -0.1) is 0 Å². The molecule has 2 saturated carbocycles. The fourth-order valence-electron chi connectivity index (χ4n) is 3.96. The minimum Gasteiger partial charge on any atom is -0.341 e. The van der Waals surface area contributed by atoms with E-state index in [9.17, 15) is 4.79 Å². The van der Waals surface area contributed by atoms with E-state index in [0.717, 1.165) is 28.8 Å². The lowest BCUT2D eigenvalue weighted by atomic mass is 9.86. The molecular weight excluding hydrogens is 270 g/mol. The number of hydrogen-bond donors (Lipinski definition) is 0. The molecule has 1 aromatic carbocycles. The number of hydrogen-bond acceptors (Lipinski definition) is 1. The van der Waals surface area contributed by atoms with Crippen LogP contribution in [0.3, 0.4) is 0 Å². The van der Waals surface area contributed by atoms with Crippen LogP contribution in [-0.4, -0.2) is 17.9 Å². The van der Waals surface area contributed by atoms with E-state index in [1.807, 2.05) is 36.2 Å². The van der Waals surface area contributed by atoms with Crippen molar-refractivity contribution in [2.24, 2.45) is 17.8 Å². The first-order chi connectivity index (χ1) is 9.61. The third-order valence-corrected chi connectivity index (χ3v) is 5.33. The number of nitrogens with zero attached hydrogens (tertiary/aromatic N) is 1. The summed E-state index contributed by atoms with van der Waals surface area (Å²) in [5, 5.41) is 0.740. The van der Waals surface area contributed by atoms with E-state index in [1.165, 1.54) is 25.7 Å². The molecular formula is C17H22ClNO. The molecule has 3 unspecified atom stereocenters. The number of rotatable bonds is 4. The predicted octanol–water partition coefficient (Wildman–Crippen LogP) is 4.12. The second kappa shape index (κ2) is 5.77. The van der Waals surface area contributed by atoms with Crippen molar-refractivity contribution in [1.82, 2.24) is 4.90 Å². The number of carbonyl (C=O) groups excluding carboxylic acids is 1. The van der Waals surface area contributed by atoms with Crippen molar-refractivity contribution in [2.75, 3.05) is 7.05 Å². The Kier molecular flexibility index (Phi) is 4.02. The Morgan fingerprint density at radius 1 is 1.25 bits per heavy atom. The van der Waals surface area contributed by atoms with Crippen molar-refractivity contribution in [1.29, 1.82) is 0 Å². The van der Waals surface area contributed by atoms with E-state index in [2.05, 4.69) is 0 Å². The summed E-state index contributed by atoms with van der Waals surface area (Å²) in [4.78, 5) is 14.2. The van der Waals surface area contributed by atoms with Crippen LogP contribution in [0.1, 0.15) is 37.7 Å². The molecule has 1 amide bonds. The zero-order chi connectivity index (χ0) is 14.1. The van der Waals surface area contributed by atoms with Crippen molar-refractivity contribution in [2.45, 2.75) is 38.6 Å². The van der Waals surface area contributed by atoms with Gasteiger partial charge in [-0.25, -0.2) is 0 Å². The highest BCUT2D eigenvalue weighted by Gasteiger charge is 2.40. The van der Waals surface area contributed by atoms with Crippen LogP contribution >= 0.6 is 11.6 Å². The van der Waals surface area contributed by atoms with E-state index in [1.54, 1.807) is 0 Å². The third-order valence-electron chi connectivity index (χ3n) is 5.08. The molecule has 3 rings (SSSR count). The van der Waals surface area contributed by atoms with Crippen LogP contribution in [0.2, 0.25) is 5.02 Å². The van der Waals surface area contributed by atoms with Gasteiger partial charge in [0.15, 0.2) is 0 Å². The summed E-state index contributed by atoms with van der Waals surface area (Å²) in [7, 11) is 1.91. The van der Waals surface area contributed by atoms with Crippen LogP contribution in [0, 0.1) is 17.8 Å². The zero-order valence-corrected chi connectivity index (χ0v) is 12.8. The average molecular weight is 292 g/mol. The first kappa shape index (κ1) is 13.9. The lowest BCUT2D eigenvalue weighted by Gasteiger charge is -2.24. The molecule has 2 aliphatic rings. The molecule has 0 aliphatic heterocycles. The van der Waals surface area contributed by atoms with E-state index in [0.29, 0.717) is 12.5 Å². The fourth-order valence-corrected chi connectivity index (χ4v) is 4.08. The van der Waals surface area contributed by atoms with Gasteiger partial charge in [0.25, 0.3) is 0 Å². The molecule has 3 heteroatoms. The summed E-state index contributed by atoms with van der Waals surface area (Å²) in [6.07, 6.45) is 6.15. The molecule has 0 saturated heterocycles. The summed E-state index contributed by atoms with van der Waals surface area (Å²) >= 11 is 5.88. The SMILES string of the molecule is CN(Cc1ccc(Cl)cc1)C(=O)CC1CC2CCC1C2. The Hall–Kier alpha value is -1.02. The zero-order valence-electron chi connectivity index (χ0n) is 12.0. The predicted molar refractivity (Wildman–Crippen MR) is 81.5 cm³/mol. The van der Waals surface area contributed by atoms with E-state index >= 15 is 0 Å². The Morgan fingerprint density at radius 2 is 2.00 bits per heavy atom. The quantitative estimate of drug-likeness (QED) is 0.817. The van der Waals surface area contributed by atoms with E-state index in [4.69, 9.17) is 11.6 Å². The number of amides is 1. The average Bonchev–Trinajstić information content (AvgIpc) is 3.03. The summed E-state index contributed by atoms with van der Waals surface area (Å²) in [6.45, 7) is 0.677. The highest BCUT2D eigenvalue weighted by molar-refractivity contribution is 6.30. The van der Waals surface area contributed by atoms with Gasteiger partial charge in [-0.1, -0.05) is 30.2 Å². The molecule has 0 aromatic heterocycles. The van der Waals surface area contributed by atoms with Gasteiger partial charge in [0, 0.05) is 25.0 Å². The van der Waals surface area contributed by atoms with Crippen LogP contribution in [0.15, 0.2) is 24.3 Å². The molecule has 0 spiro atoms. The van der Waals surface area contributed by atoms with Gasteiger partial charge in [-0.05, 0) is 54.7 Å². The summed E-state index contributed by atoms with van der Waals surface area (Å²) in [5.41, 5.74) is 1.14. The Bertz CT molecular complexity index is 484. The standard InChI is InChI=1S/C17H22ClNO/c1-19(11-12-3-6-16(18)7-4-12)17(20)10-15-9-13-2-5-14(15)8-13/h3-4,6-7,13-15H,2,5,8-11H2,1H3. The normalized spacial score (nSPS) is 27.8. The molecule has 3 atom stereocenters. The van der Waals surface area contributed by atoms with Crippen LogP contribution in [-0.2, 0) is 11.3 Å². The minimum absolute atomic E-state index is 0.289. The molecule has 0 heterocycles. The second-order valence-electron chi connectivity index (χ2n) is 6.52. The molecule has 0 N–H and O–H groups in total. The van der Waals surface area contributed by atoms with Gasteiger partial charge < -0.3 is 4.90 Å². The van der Waals surface area contributed by atoms with Gasteiger partial charge in [0.05, 0.1) is 0 Å². The van der Waals surface area contributed by atoms with Crippen molar-refractivity contribution in [3.8, 4) is 0 Å². The van der Waals surface area contributed by atoms with Crippen LogP contribution in [0.4, 0.5) is 0 Å². The van der Waals surface area contributed by atoms with Crippen molar-refractivity contribution < 1.29 is 4.79 Å². The maximum atomic E-state index is 12.3. The molecule has 2 nitrogen and oxygen atoms in total. The largest absolute Gasteiger partial charge is 0.341 e. The van der Waals surface area contributed by atoms with Crippen molar-refractivity contribution in [3.05, 3.63) is 34.9 Å². The van der Waals surface area contributed by atoms with Gasteiger partial charge >= 0.3 is 0 Å². The Balaban J connectivity index is 1.53.